The van der Waals surface area contributed by atoms with Crippen LogP contribution in [0.15, 0.2) is 48.9 Å². The van der Waals surface area contributed by atoms with Gasteiger partial charge in [-0.05, 0) is 10.4 Å². The summed E-state index contributed by atoms with van der Waals surface area (Å²) in [4.78, 5) is 12.0. The van der Waals surface area contributed by atoms with Crippen LogP contribution in [-0.2, 0) is 6.54 Å². The van der Waals surface area contributed by atoms with Crippen LogP contribution < -0.4 is 0 Å². The predicted octanol–water partition coefficient (Wildman–Crippen LogP) is 0.742. The lowest BCUT2D eigenvalue weighted by Gasteiger charge is -2.01. The molecule has 0 unspecified atom stereocenters. The van der Waals surface area contributed by atoms with Crippen molar-refractivity contribution in [1.82, 2.24) is 30.0 Å². The largest absolute Gasteiger partial charge is 0.292 e. The third kappa shape index (κ3) is 2.39. The van der Waals surface area contributed by atoms with Gasteiger partial charge in [0, 0.05) is 17.8 Å². The number of ketones is 1. The molecule has 0 saturated heterocycles. The minimum Gasteiger partial charge on any atom is -0.292 e. The Labute approximate surface area is 108 Å². The van der Waals surface area contributed by atoms with E-state index in [2.05, 4.69) is 20.6 Å². The van der Waals surface area contributed by atoms with Gasteiger partial charge in [-0.1, -0.05) is 30.3 Å². The minimum absolute atomic E-state index is 0.00645. The summed E-state index contributed by atoms with van der Waals surface area (Å²) in [6.45, 7) is 0.187. The van der Waals surface area contributed by atoms with Crippen LogP contribution in [0.5, 0.6) is 0 Å². The van der Waals surface area contributed by atoms with E-state index >= 15 is 0 Å². The number of aromatic nitrogens is 6. The highest BCUT2D eigenvalue weighted by atomic mass is 16.1. The smallest absolute Gasteiger partial charge is 0.184 e. The summed E-state index contributed by atoms with van der Waals surface area (Å²) in [6, 6.07) is 10.9. The van der Waals surface area contributed by atoms with Gasteiger partial charge in [-0.15, -0.1) is 5.10 Å². The van der Waals surface area contributed by atoms with Crippen LogP contribution in [0.1, 0.15) is 10.4 Å². The molecule has 0 bridgehead atoms. The van der Waals surface area contributed by atoms with Crippen LogP contribution in [0.2, 0.25) is 0 Å². The first-order chi connectivity index (χ1) is 9.33. The average Bonchev–Trinajstić information content (AvgIpc) is 3.10. The van der Waals surface area contributed by atoms with Crippen molar-refractivity contribution in [1.29, 1.82) is 0 Å². The van der Waals surface area contributed by atoms with Gasteiger partial charge in [-0.25, -0.2) is 0 Å². The van der Waals surface area contributed by atoms with Crippen molar-refractivity contribution in [2.75, 3.05) is 0 Å². The van der Waals surface area contributed by atoms with E-state index in [0.29, 0.717) is 11.4 Å². The maximum Gasteiger partial charge on any atom is 0.184 e. The Bertz CT molecular complexity index is 673. The summed E-state index contributed by atoms with van der Waals surface area (Å²) in [7, 11) is 0. The third-order valence-corrected chi connectivity index (χ3v) is 2.61. The van der Waals surface area contributed by atoms with Crippen LogP contribution >= 0.6 is 0 Å². The number of nitrogens with zero attached hydrogens (tertiary/aromatic N) is 6. The van der Waals surface area contributed by atoms with Crippen LogP contribution in [-0.4, -0.2) is 35.8 Å². The van der Waals surface area contributed by atoms with Crippen molar-refractivity contribution < 1.29 is 4.79 Å². The molecule has 0 amide bonds. The molecular formula is C12H10N6O. The van der Waals surface area contributed by atoms with Gasteiger partial charge in [-0.3, -0.25) is 9.48 Å². The maximum atomic E-state index is 12.0. The molecule has 0 spiro atoms. The van der Waals surface area contributed by atoms with Gasteiger partial charge in [-0.2, -0.15) is 9.78 Å². The summed E-state index contributed by atoms with van der Waals surface area (Å²) in [5.41, 5.74) is 0.668. The fourth-order valence-corrected chi connectivity index (χ4v) is 1.69. The van der Waals surface area contributed by atoms with E-state index in [9.17, 15) is 4.79 Å². The number of carbonyl (C=O) groups is 1. The molecule has 94 valence electrons. The van der Waals surface area contributed by atoms with E-state index in [4.69, 9.17) is 0 Å². The van der Waals surface area contributed by atoms with Gasteiger partial charge < -0.3 is 0 Å². The maximum absolute atomic E-state index is 12.0. The van der Waals surface area contributed by atoms with Gasteiger partial charge in [0.1, 0.15) is 12.9 Å². The zero-order valence-corrected chi connectivity index (χ0v) is 9.92. The first-order valence-electron chi connectivity index (χ1n) is 5.68. The van der Waals surface area contributed by atoms with Gasteiger partial charge >= 0.3 is 0 Å². The number of tetrazole rings is 1. The quantitative estimate of drug-likeness (QED) is 0.642. The van der Waals surface area contributed by atoms with Crippen molar-refractivity contribution in [2.24, 2.45) is 0 Å². The number of hydrogen-bond acceptors (Lipinski definition) is 5. The molecule has 2 heterocycles. The summed E-state index contributed by atoms with van der Waals surface area (Å²) >= 11 is 0. The number of benzene rings is 1. The van der Waals surface area contributed by atoms with Gasteiger partial charge in [0.25, 0.3) is 0 Å². The molecule has 3 rings (SSSR count). The lowest BCUT2D eigenvalue weighted by Crippen LogP contribution is -2.11. The van der Waals surface area contributed by atoms with Crippen molar-refractivity contribution in [3.63, 3.8) is 0 Å². The van der Waals surface area contributed by atoms with Crippen molar-refractivity contribution in [3.05, 3.63) is 54.5 Å². The Morgan fingerprint density at radius 1 is 1.16 bits per heavy atom. The van der Waals surface area contributed by atoms with Gasteiger partial charge in [0.15, 0.2) is 11.6 Å². The van der Waals surface area contributed by atoms with Gasteiger partial charge in [0.2, 0.25) is 0 Å². The molecule has 7 nitrogen and oxygen atoms in total. The summed E-state index contributed by atoms with van der Waals surface area (Å²) < 4.78 is 3.00. The average molecular weight is 254 g/mol. The fourth-order valence-electron chi connectivity index (χ4n) is 1.69. The lowest BCUT2D eigenvalue weighted by atomic mass is 10.1. The molecule has 0 saturated carbocycles. The second-order valence-electron chi connectivity index (χ2n) is 3.92. The molecule has 0 aliphatic heterocycles. The Kier molecular flexibility index (Phi) is 2.85. The van der Waals surface area contributed by atoms with E-state index in [1.54, 1.807) is 29.1 Å². The predicted molar refractivity (Wildman–Crippen MR) is 65.7 cm³/mol. The molecule has 7 heteroatoms. The second kappa shape index (κ2) is 4.81. The van der Waals surface area contributed by atoms with E-state index in [1.807, 2.05) is 18.2 Å². The molecule has 0 N–H and O–H groups in total. The van der Waals surface area contributed by atoms with E-state index in [1.165, 1.54) is 11.0 Å². The van der Waals surface area contributed by atoms with Gasteiger partial charge in [0.05, 0.1) is 0 Å². The Morgan fingerprint density at radius 2 is 2.00 bits per heavy atom. The Balaban J connectivity index is 1.76. The van der Waals surface area contributed by atoms with Crippen LogP contribution in [0.3, 0.4) is 0 Å². The van der Waals surface area contributed by atoms with E-state index in [0.717, 1.165) is 0 Å². The topological polar surface area (TPSA) is 78.5 Å². The van der Waals surface area contributed by atoms with E-state index < -0.39 is 0 Å². The standard InChI is InChI=1S/C12H10N6O/c19-11(10-4-2-1-3-5-10)8-17-7-6-12(14-17)18-9-13-15-16-18/h1-7,9H,8H2. The molecule has 2 aromatic heterocycles. The molecule has 0 aliphatic carbocycles. The number of rotatable bonds is 4. The molecular weight excluding hydrogens is 244 g/mol. The normalized spacial score (nSPS) is 10.5. The SMILES string of the molecule is O=C(Cn1ccc(-n2cnnn2)n1)c1ccccc1. The molecule has 0 fully saturated rings. The summed E-state index contributed by atoms with van der Waals surface area (Å²) in [6.07, 6.45) is 3.17. The van der Waals surface area contributed by atoms with Crippen molar-refractivity contribution in [2.45, 2.75) is 6.54 Å². The molecule has 19 heavy (non-hydrogen) atoms. The minimum atomic E-state index is 0.00645. The zero-order chi connectivity index (χ0) is 13.1. The van der Waals surface area contributed by atoms with Crippen molar-refractivity contribution >= 4 is 5.78 Å². The number of Topliss-reactive ketones (excluding diaryl/α,β-unsaturated/α-hetero) is 1. The summed E-state index contributed by atoms with van der Waals surface area (Å²) in [5, 5.41) is 15.0. The number of carbonyl (C=O) groups excluding carboxylic acids is 1. The highest BCUT2D eigenvalue weighted by molar-refractivity contribution is 5.95. The Morgan fingerprint density at radius 3 is 2.74 bits per heavy atom. The zero-order valence-electron chi connectivity index (χ0n) is 9.92. The monoisotopic (exact) mass is 254 g/mol. The lowest BCUT2D eigenvalue weighted by molar-refractivity contribution is 0.0967. The highest BCUT2D eigenvalue weighted by Crippen LogP contribution is 2.04. The molecule has 0 aliphatic rings. The molecule has 0 radical (unpaired) electrons. The van der Waals surface area contributed by atoms with Crippen LogP contribution in [0.25, 0.3) is 5.82 Å². The number of hydrogen-bond donors (Lipinski definition) is 0. The van der Waals surface area contributed by atoms with Crippen molar-refractivity contribution in [3.8, 4) is 5.82 Å². The molecule has 1 aromatic carbocycles. The van der Waals surface area contributed by atoms with Crippen LogP contribution in [0.4, 0.5) is 0 Å². The summed E-state index contributed by atoms with van der Waals surface area (Å²) in [5.74, 6) is 0.581. The molecule has 0 atom stereocenters. The first-order valence-corrected chi connectivity index (χ1v) is 5.68. The Hall–Kier alpha value is -2.83. The third-order valence-electron chi connectivity index (χ3n) is 2.61. The highest BCUT2D eigenvalue weighted by Gasteiger charge is 2.08. The second-order valence-corrected chi connectivity index (χ2v) is 3.92. The van der Waals surface area contributed by atoms with E-state index in [-0.39, 0.29) is 12.3 Å². The van der Waals surface area contributed by atoms with Crippen LogP contribution in [0, 0.1) is 0 Å². The fraction of sp³-hybridized carbons (Fsp3) is 0.0833. The first kappa shape index (κ1) is 11.3. The molecule has 3 aromatic rings.